The molecule has 0 aliphatic rings. The van der Waals surface area contributed by atoms with E-state index < -0.39 is 5.97 Å². The summed E-state index contributed by atoms with van der Waals surface area (Å²) in [6.45, 7) is 5.12. The van der Waals surface area contributed by atoms with Crippen molar-refractivity contribution in [3.8, 4) is 0 Å². The minimum Gasteiger partial charge on any atom is -0.463 e. The summed E-state index contributed by atoms with van der Waals surface area (Å²) in [5.41, 5.74) is 0. The highest BCUT2D eigenvalue weighted by Crippen LogP contribution is 1.95. The molecule has 0 saturated carbocycles. The third kappa shape index (κ3) is 4.71. The Labute approximate surface area is 71.8 Å². The van der Waals surface area contributed by atoms with Crippen molar-refractivity contribution < 1.29 is 19.1 Å². The van der Waals surface area contributed by atoms with Crippen LogP contribution in [-0.2, 0) is 19.1 Å². The number of esters is 2. The van der Waals surface area contributed by atoms with Crippen LogP contribution < -0.4 is 0 Å². The highest BCUT2D eigenvalue weighted by molar-refractivity contribution is 5.77. The second-order valence-corrected chi connectivity index (χ2v) is 2.57. The van der Waals surface area contributed by atoms with Gasteiger partial charge in [0.05, 0.1) is 12.5 Å². The van der Waals surface area contributed by atoms with E-state index in [0.29, 0.717) is 6.61 Å². The molecular weight excluding hydrogens is 160 g/mol. The van der Waals surface area contributed by atoms with Crippen LogP contribution in [0.3, 0.4) is 0 Å². The fraction of sp³-hybridized carbons (Fsp3) is 0.750. The van der Waals surface area contributed by atoms with E-state index in [-0.39, 0.29) is 18.5 Å². The number of hydrogen-bond acceptors (Lipinski definition) is 4. The molecule has 0 N–H and O–H groups in total. The van der Waals surface area contributed by atoms with Crippen LogP contribution >= 0.6 is 0 Å². The summed E-state index contributed by atoms with van der Waals surface area (Å²) in [5, 5.41) is 0. The van der Waals surface area contributed by atoms with Crippen molar-refractivity contribution in [3.63, 3.8) is 0 Å². The third-order valence-electron chi connectivity index (χ3n) is 1.11. The van der Waals surface area contributed by atoms with Crippen molar-refractivity contribution in [2.45, 2.75) is 20.8 Å². The van der Waals surface area contributed by atoms with Crippen molar-refractivity contribution in [2.24, 2.45) is 5.92 Å². The summed E-state index contributed by atoms with van der Waals surface area (Å²) in [5.74, 6) is -1.10. The molecule has 0 heterocycles. The molecule has 0 rings (SSSR count). The summed E-state index contributed by atoms with van der Waals surface area (Å²) >= 11 is 0. The average molecular weight is 174 g/mol. The number of carbonyl (C=O) groups excluding carboxylic acids is 2. The van der Waals surface area contributed by atoms with Gasteiger partial charge in [0.15, 0.2) is 6.61 Å². The zero-order valence-electron chi connectivity index (χ0n) is 7.62. The second kappa shape index (κ2) is 5.57. The molecule has 4 nitrogen and oxygen atoms in total. The van der Waals surface area contributed by atoms with Gasteiger partial charge >= 0.3 is 11.9 Å². The Bertz CT molecular complexity index is 162. The molecule has 0 aromatic rings. The maximum absolute atomic E-state index is 10.8. The second-order valence-electron chi connectivity index (χ2n) is 2.57. The molecule has 0 fully saturated rings. The van der Waals surface area contributed by atoms with Gasteiger partial charge in [-0.2, -0.15) is 0 Å². The topological polar surface area (TPSA) is 52.6 Å². The van der Waals surface area contributed by atoms with E-state index in [1.54, 1.807) is 20.8 Å². The van der Waals surface area contributed by atoms with Gasteiger partial charge in [0, 0.05) is 0 Å². The first kappa shape index (κ1) is 10.9. The third-order valence-corrected chi connectivity index (χ3v) is 1.11. The molecule has 12 heavy (non-hydrogen) atoms. The maximum Gasteiger partial charge on any atom is 0.344 e. The van der Waals surface area contributed by atoms with E-state index in [9.17, 15) is 9.59 Å². The van der Waals surface area contributed by atoms with Crippen molar-refractivity contribution in [1.82, 2.24) is 0 Å². The van der Waals surface area contributed by atoms with Gasteiger partial charge in [0.1, 0.15) is 0 Å². The highest BCUT2D eigenvalue weighted by Gasteiger charge is 2.10. The van der Waals surface area contributed by atoms with E-state index in [2.05, 4.69) is 9.47 Å². The Hall–Kier alpha value is -1.06. The van der Waals surface area contributed by atoms with Crippen molar-refractivity contribution in [1.29, 1.82) is 0 Å². The first-order valence-corrected chi connectivity index (χ1v) is 3.90. The van der Waals surface area contributed by atoms with Gasteiger partial charge in [-0.15, -0.1) is 0 Å². The van der Waals surface area contributed by atoms with Crippen LogP contribution in [0.5, 0.6) is 0 Å². The summed E-state index contributed by atoms with van der Waals surface area (Å²) < 4.78 is 9.16. The Balaban J connectivity index is 3.54. The molecule has 0 unspecified atom stereocenters. The molecule has 0 saturated heterocycles. The Kier molecular flexibility index (Phi) is 5.08. The van der Waals surface area contributed by atoms with Crippen molar-refractivity contribution >= 4 is 11.9 Å². The molecule has 4 heteroatoms. The van der Waals surface area contributed by atoms with Crippen LogP contribution in [0.15, 0.2) is 0 Å². The van der Waals surface area contributed by atoms with E-state index in [1.807, 2.05) is 0 Å². The van der Waals surface area contributed by atoms with Gasteiger partial charge in [0.25, 0.3) is 0 Å². The first-order chi connectivity index (χ1) is 5.57. The largest absolute Gasteiger partial charge is 0.463 e. The predicted molar refractivity (Wildman–Crippen MR) is 42.4 cm³/mol. The molecule has 0 amide bonds. The molecule has 0 radical (unpaired) electrons. The van der Waals surface area contributed by atoms with Crippen LogP contribution in [0.25, 0.3) is 0 Å². The molecule has 0 spiro atoms. The van der Waals surface area contributed by atoms with Gasteiger partial charge in [-0.25, -0.2) is 4.79 Å². The molecule has 0 aliphatic carbocycles. The van der Waals surface area contributed by atoms with Crippen LogP contribution in [-0.4, -0.2) is 25.2 Å². The number of rotatable bonds is 4. The molecule has 70 valence electrons. The van der Waals surface area contributed by atoms with Gasteiger partial charge in [-0.1, -0.05) is 13.8 Å². The SMILES string of the molecule is CCOC(=O)COC(=O)C(C)C. The molecule has 0 atom stereocenters. The standard InChI is InChI=1S/C8H14O4/c1-4-11-7(9)5-12-8(10)6(2)3/h6H,4-5H2,1-3H3. The monoisotopic (exact) mass is 174 g/mol. The Morgan fingerprint density at radius 2 is 1.83 bits per heavy atom. The summed E-state index contributed by atoms with van der Waals surface area (Å²) in [7, 11) is 0. The molecule has 0 aromatic carbocycles. The quantitative estimate of drug-likeness (QED) is 0.590. The van der Waals surface area contributed by atoms with Crippen LogP contribution in [0.4, 0.5) is 0 Å². The van der Waals surface area contributed by atoms with Gasteiger partial charge in [-0.3, -0.25) is 4.79 Å². The summed E-state index contributed by atoms with van der Waals surface area (Å²) in [6.07, 6.45) is 0. The fourth-order valence-electron chi connectivity index (χ4n) is 0.499. The normalized spacial score (nSPS) is 9.67. The van der Waals surface area contributed by atoms with Gasteiger partial charge < -0.3 is 9.47 Å². The molecular formula is C8H14O4. The highest BCUT2D eigenvalue weighted by atomic mass is 16.6. The Morgan fingerprint density at radius 3 is 2.25 bits per heavy atom. The van der Waals surface area contributed by atoms with Crippen LogP contribution in [0, 0.1) is 5.92 Å². The number of hydrogen-bond donors (Lipinski definition) is 0. The van der Waals surface area contributed by atoms with Crippen molar-refractivity contribution in [2.75, 3.05) is 13.2 Å². The van der Waals surface area contributed by atoms with E-state index in [1.165, 1.54) is 0 Å². The van der Waals surface area contributed by atoms with Gasteiger partial charge in [0.2, 0.25) is 0 Å². The van der Waals surface area contributed by atoms with E-state index in [0.717, 1.165) is 0 Å². The maximum atomic E-state index is 10.8. The van der Waals surface area contributed by atoms with Crippen molar-refractivity contribution in [3.05, 3.63) is 0 Å². The summed E-state index contributed by atoms with van der Waals surface area (Å²) in [6, 6.07) is 0. The zero-order chi connectivity index (χ0) is 9.56. The fourth-order valence-corrected chi connectivity index (χ4v) is 0.499. The van der Waals surface area contributed by atoms with Crippen LogP contribution in [0.2, 0.25) is 0 Å². The smallest absolute Gasteiger partial charge is 0.344 e. The van der Waals surface area contributed by atoms with E-state index in [4.69, 9.17) is 0 Å². The Morgan fingerprint density at radius 1 is 1.25 bits per heavy atom. The molecule has 0 aromatic heterocycles. The average Bonchev–Trinajstić information content (AvgIpc) is 2.00. The molecule has 0 aliphatic heterocycles. The zero-order valence-corrected chi connectivity index (χ0v) is 7.62. The number of carbonyl (C=O) groups is 2. The lowest BCUT2D eigenvalue weighted by molar-refractivity contribution is -0.160. The predicted octanol–water partition coefficient (Wildman–Crippen LogP) is 0.749. The minimum absolute atomic E-state index is 0.209. The lowest BCUT2D eigenvalue weighted by Gasteiger charge is -2.05. The van der Waals surface area contributed by atoms with Gasteiger partial charge in [-0.05, 0) is 6.92 Å². The lowest BCUT2D eigenvalue weighted by Crippen LogP contribution is -2.19. The summed E-state index contributed by atoms with van der Waals surface area (Å²) in [4.78, 5) is 21.5. The lowest BCUT2D eigenvalue weighted by atomic mass is 10.2. The molecule has 0 bridgehead atoms. The number of ether oxygens (including phenoxy) is 2. The minimum atomic E-state index is -0.508. The van der Waals surface area contributed by atoms with E-state index >= 15 is 0 Å². The first-order valence-electron chi connectivity index (χ1n) is 3.90. The van der Waals surface area contributed by atoms with Crippen LogP contribution in [0.1, 0.15) is 20.8 Å².